The van der Waals surface area contributed by atoms with Crippen LogP contribution >= 0.6 is 0 Å². The average molecular weight is 146 g/mol. The highest BCUT2D eigenvalue weighted by molar-refractivity contribution is 5.45. The van der Waals surface area contributed by atoms with Crippen molar-refractivity contribution in [1.82, 2.24) is 0 Å². The number of hydrogen-bond acceptors (Lipinski definition) is 2. The molecule has 0 aliphatic rings. The smallest absolute Gasteiger partial charge is 0.103 e. The fourth-order valence-corrected chi connectivity index (χ4v) is 0.897. The standard InChI is InChI=1S/C9H10N2/c1-8-3-2-4-9(7-8)11-6-5-10/h2-4,7,11H,6H2,1H3. The van der Waals surface area contributed by atoms with Crippen LogP contribution in [0.5, 0.6) is 0 Å². The van der Waals surface area contributed by atoms with Gasteiger partial charge < -0.3 is 5.32 Å². The van der Waals surface area contributed by atoms with Gasteiger partial charge in [0.05, 0.1) is 6.07 Å². The molecule has 0 amide bonds. The van der Waals surface area contributed by atoms with E-state index in [1.54, 1.807) is 0 Å². The van der Waals surface area contributed by atoms with Gasteiger partial charge >= 0.3 is 0 Å². The van der Waals surface area contributed by atoms with E-state index in [1.807, 2.05) is 37.3 Å². The van der Waals surface area contributed by atoms with Crippen LogP contribution in [0.25, 0.3) is 0 Å². The lowest BCUT2D eigenvalue weighted by atomic mass is 10.2. The molecule has 0 spiro atoms. The predicted molar refractivity (Wildman–Crippen MR) is 45.3 cm³/mol. The third-order valence-corrected chi connectivity index (χ3v) is 1.39. The highest BCUT2D eigenvalue weighted by Crippen LogP contribution is 2.08. The first-order valence-corrected chi connectivity index (χ1v) is 3.50. The van der Waals surface area contributed by atoms with Crippen molar-refractivity contribution in [2.24, 2.45) is 0 Å². The largest absolute Gasteiger partial charge is 0.372 e. The van der Waals surface area contributed by atoms with Crippen LogP contribution in [0.4, 0.5) is 5.69 Å². The number of rotatable bonds is 2. The van der Waals surface area contributed by atoms with Crippen LogP contribution in [0.1, 0.15) is 5.56 Å². The van der Waals surface area contributed by atoms with E-state index in [1.165, 1.54) is 5.56 Å². The van der Waals surface area contributed by atoms with Gasteiger partial charge in [-0.25, -0.2) is 0 Å². The van der Waals surface area contributed by atoms with Crippen molar-refractivity contribution in [2.45, 2.75) is 6.92 Å². The normalized spacial score (nSPS) is 8.73. The van der Waals surface area contributed by atoms with Crippen LogP contribution in [-0.2, 0) is 0 Å². The van der Waals surface area contributed by atoms with Crippen molar-refractivity contribution in [3.8, 4) is 6.07 Å². The molecule has 1 aromatic carbocycles. The van der Waals surface area contributed by atoms with Crippen molar-refractivity contribution in [3.63, 3.8) is 0 Å². The molecule has 0 unspecified atom stereocenters. The van der Waals surface area contributed by atoms with Gasteiger partial charge in [-0.05, 0) is 24.6 Å². The third-order valence-electron chi connectivity index (χ3n) is 1.39. The molecule has 2 nitrogen and oxygen atoms in total. The minimum atomic E-state index is 0.365. The molecule has 0 saturated heterocycles. The Labute approximate surface area is 66.5 Å². The van der Waals surface area contributed by atoms with Gasteiger partial charge in [0.1, 0.15) is 6.54 Å². The minimum Gasteiger partial charge on any atom is -0.372 e. The summed E-state index contributed by atoms with van der Waals surface area (Å²) < 4.78 is 0. The van der Waals surface area contributed by atoms with Crippen molar-refractivity contribution in [2.75, 3.05) is 11.9 Å². The summed E-state index contributed by atoms with van der Waals surface area (Å²) >= 11 is 0. The third kappa shape index (κ3) is 2.30. The molecule has 0 radical (unpaired) electrons. The first kappa shape index (κ1) is 7.62. The van der Waals surface area contributed by atoms with E-state index in [0.717, 1.165) is 5.69 Å². The molecule has 0 heterocycles. The zero-order valence-corrected chi connectivity index (χ0v) is 6.46. The molecule has 56 valence electrons. The molecule has 0 saturated carbocycles. The van der Waals surface area contributed by atoms with Crippen LogP contribution in [0, 0.1) is 18.3 Å². The topological polar surface area (TPSA) is 35.8 Å². The first-order valence-electron chi connectivity index (χ1n) is 3.50. The molecule has 0 aliphatic heterocycles. The van der Waals surface area contributed by atoms with E-state index in [-0.39, 0.29) is 0 Å². The van der Waals surface area contributed by atoms with Crippen molar-refractivity contribution >= 4 is 5.69 Å². The molecule has 1 aromatic rings. The Bertz CT molecular complexity index is 273. The lowest BCUT2D eigenvalue weighted by Gasteiger charge is -2.00. The fraction of sp³-hybridized carbons (Fsp3) is 0.222. The van der Waals surface area contributed by atoms with Crippen LogP contribution in [0.3, 0.4) is 0 Å². The molecular formula is C9H10N2. The Morgan fingerprint density at radius 3 is 3.00 bits per heavy atom. The van der Waals surface area contributed by atoms with Gasteiger partial charge in [-0.1, -0.05) is 12.1 Å². The number of hydrogen-bond donors (Lipinski definition) is 1. The summed E-state index contributed by atoms with van der Waals surface area (Å²) in [6.45, 7) is 2.39. The van der Waals surface area contributed by atoms with E-state index in [0.29, 0.717) is 6.54 Å². The van der Waals surface area contributed by atoms with Crippen LogP contribution in [0.15, 0.2) is 24.3 Å². The van der Waals surface area contributed by atoms with Crippen LogP contribution < -0.4 is 5.32 Å². The van der Waals surface area contributed by atoms with Gasteiger partial charge in [0.25, 0.3) is 0 Å². The average Bonchev–Trinajstić information content (AvgIpc) is 2.01. The fourth-order valence-electron chi connectivity index (χ4n) is 0.897. The Morgan fingerprint density at radius 1 is 1.55 bits per heavy atom. The zero-order valence-electron chi connectivity index (χ0n) is 6.46. The van der Waals surface area contributed by atoms with E-state index in [2.05, 4.69) is 5.32 Å². The van der Waals surface area contributed by atoms with Gasteiger partial charge in [-0.2, -0.15) is 5.26 Å². The monoisotopic (exact) mass is 146 g/mol. The minimum absolute atomic E-state index is 0.365. The molecule has 11 heavy (non-hydrogen) atoms. The molecule has 1 rings (SSSR count). The van der Waals surface area contributed by atoms with Crippen LogP contribution in [0.2, 0.25) is 0 Å². The van der Waals surface area contributed by atoms with E-state index >= 15 is 0 Å². The maximum atomic E-state index is 8.28. The van der Waals surface area contributed by atoms with Gasteiger partial charge in [-0.3, -0.25) is 0 Å². The maximum Gasteiger partial charge on any atom is 0.103 e. The number of nitriles is 1. The summed E-state index contributed by atoms with van der Waals surface area (Å²) in [5.41, 5.74) is 2.21. The molecule has 1 N–H and O–H groups in total. The SMILES string of the molecule is Cc1cccc(NCC#N)c1. The van der Waals surface area contributed by atoms with E-state index in [4.69, 9.17) is 5.26 Å². The van der Waals surface area contributed by atoms with Crippen LogP contribution in [-0.4, -0.2) is 6.54 Å². The van der Waals surface area contributed by atoms with Crippen molar-refractivity contribution < 1.29 is 0 Å². The predicted octanol–water partition coefficient (Wildman–Crippen LogP) is 1.93. The number of nitrogens with zero attached hydrogens (tertiary/aromatic N) is 1. The second-order valence-corrected chi connectivity index (χ2v) is 2.38. The number of benzene rings is 1. The summed E-state index contributed by atoms with van der Waals surface area (Å²) in [4.78, 5) is 0. The lowest BCUT2D eigenvalue weighted by molar-refractivity contribution is 1.31. The Kier molecular flexibility index (Phi) is 2.51. The molecule has 0 aromatic heterocycles. The molecular weight excluding hydrogens is 136 g/mol. The molecule has 2 heteroatoms. The summed E-state index contributed by atoms with van der Waals surface area (Å²) in [6, 6.07) is 9.98. The van der Waals surface area contributed by atoms with Crippen molar-refractivity contribution in [1.29, 1.82) is 5.26 Å². The van der Waals surface area contributed by atoms with Gasteiger partial charge in [0.15, 0.2) is 0 Å². The molecule has 0 atom stereocenters. The highest BCUT2D eigenvalue weighted by atomic mass is 14.9. The van der Waals surface area contributed by atoms with Gasteiger partial charge in [-0.15, -0.1) is 0 Å². The maximum absolute atomic E-state index is 8.28. The van der Waals surface area contributed by atoms with E-state index in [9.17, 15) is 0 Å². The summed E-state index contributed by atoms with van der Waals surface area (Å²) in [7, 11) is 0. The summed E-state index contributed by atoms with van der Waals surface area (Å²) in [5, 5.41) is 11.3. The zero-order chi connectivity index (χ0) is 8.10. The van der Waals surface area contributed by atoms with Gasteiger partial charge in [0, 0.05) is 5.69 Å². The second kappa shape index (κ2) is 3.62. The first-order chi connectivity index (χ1) is 5.33. The number of aryl methyl sites for hydroxylation is 1. The quantitative estimate of drug-likeness (QED) is 0.647. The molecule has 0 aliphatic carbocycles. The summed E-state index contributed by atoms with van der Waals surface area (Å²) in [6.07, 6.45) is 0. The molecule has 0 bridgehead atoms. The molecule has 0 fully saturated rings. The van der Waals surface area contributed by atoms with E-state index < -0.39 is 0 Å². The number of anilines is 1. The Balaban J connectivity index is 2.65. The Morgan fingerprint density at radius 2 is 2.36 bits per heavy atom. The second-order valence-electron chi connectivity index (χ2n) is 2.38. The summed E-state index contributed by atoms with van der Waals surface area (Å²) in [5.74, 6) is 0. The van der Waals surface area contributed by atoms with Crippen molar-refractivity contribution in [3.05, 3.63) is 29.8 Å². The lowest BCUT2D eigenvalue weighted by Crippen LogP contribution is -1.97. The van der Waals surface area contributed by atoms with Gasteiger partial charge in [0.2, 0.25) is 0 Å². The highest BCUT2D eigenvalue weighted by Gasteiger charge is 1.88. The Hall–Kier alpha value is -1.49. The number of nitrogens with one attached hydrogen (secondary N) is 1.